The lowest BCUT2D eigenvalue weighted by molar-refractivity contribution is 0.101. The molecule has 0 saturated heterocycles. The van der Waals surface area contributed by atoms with E-state index in [0.717, 1.165) is 0 Å². The number of carbonyl (C=O) groups is 2. The smallest absolute Gasteiger partial charge is 0.238 e. The maximum Gasteiger partial charge on any atom is 0.238 e. The van der Waals surface area contributed by atoms with Gasteiger partial charge in [-0.25, -0.2) is 0 Å². The number of furan rings is 1. The Morgan fingerprint density at radius 1 is 1.19 bits per heavy atom. The van der Waals surface area contributed by atoms with Crippen LogP contribution in [0, 0.1) is 11.3 Å². The third-order valence-corrected chi connectivity index (χ3v) is 4.07. The van der Waals surface area contributed by atoms with E-state index >= 15 is 0 Å². The van der Waals surface area contributed by atoms with Crippen LogP contribution in [-0.2, 0) is 7.05 Å². The topological polar surface area (TPSA) is 76.0 Å². The average Bonchev–Trinajstić information content (AvgIpc) is 3.29. The van der Waals surface area contributed by atoms with Gasteiger partial charge in [0, 0.05) is 35.1 Å². The molecule has 3 aromatic rings. The molecule has 1 aromatic carbocycles. The first-order chi connectivity index (χ1) is 12.5. The van der Waals surface area contributed by atoms with Crippen LogP contribution in [0.4, 0.5) is 0 Å². The monoisotopic (exact) mass is 364 g/mol. The van der Waals surface area contributed by atoms with Crippen LogP contribution in [0.25, 0.3) is 6.08 Å². The number of allylic oxidation sites excluding steroid dienone is 1. The molecule has 0 spiro atoms. The Morgan fingerprint density at radius 3 is 2.54 bits per heavy atom. The second-order valence-corrected chi connectivity index (χ2v) is 6.01. The van der Waals surface area contributed by atoms with Gasteiger partial charge in [-0.15, -0.1) is 0 Å². The van der Waals surface area contributed by atoms with E-state index in [1.165, 1.54) is 18.4 Å². The number of halogens is 1. The van der Waals surface area contributed by atoms with Gasteiger partial charge < -0.3 is 8.98 Å². The number of Topliss-reactive ketones (excluding diaryl/α,β-unsaturated/α-hetero) is 1. The largest absolute Gasteiger partial charge is 0.461 e. The standard InChI is InChI=1S/C20H13ClN2O3/c1-23-12-15(19(24)13-4-6-16(21)7-5-13)10-17(23)9-14(11-22)20(25)18-3-2-8-26-18/h2-10,12H,1H3/b14-9-. The van der Waals surface area contributed by atoms with E-state index in [9.17, 15) is 14.9 Å². The van der Waals surface area contributed by atoms with Crippen molar-refractivity contribution in [2.24, 2.45) is 7.05 Å². The van der Waals surface area contributed by atoms with Gasteiger partial charge in [-0.05, 0) is 48.5 Å². The number of rotatable bonds is 5. The van der Waals surface area contributed by atoms with Gasteiger partial charge in [0.15, 0.2) is 11.5 Å². The lowest BCUT2D eigenvalue weighted by Gasteiger charge is -1.98. The zero-order valence-electron chi connectivity index (χ0n) is 13.8. The number of nitriles is 1. The quantitative estimate of drug-likeness (QED) is 0.384. The molecule has 2 aromatic heterocycles. The molecule has 0 saturated carbocycles. The van der Waals surface area contributed by atoms with Gasteiger partial charge in [0.05, 0.1) is 6.26 Å². The predicted molar refractivity (Wildman–Crippen MR) is 96.9 cm³/mol. The van der Waals surface area contributed by atoms with E-state index in [0.29, 0.717) is 21.8 Å². The lowest BCUT2D eigenvalue weighted by Crippen LogP contribution is -2.01. The van der Waals surface area contributed by atoms with Gasteiger partial charge in [0.2, 0.25) is 5.78 Å². The molecule has 26 heavy (non-hydrogen) atoms. The highest BCUT2D eigenvalue weighted by atomic mass is 35.5. The van der Waals surface area contributed by atoms with Crippen LogP contribution in [0.5, 0.6) is 0 Å². The molecule has 6 heteroatoms. The van der Waals surface area contributed by atoms with Crippen LogP contribution < -0.4 is 0 Å². The van der Waals surface area contributed by atoms with Crippen molar-refractivity contribution in [3.63, 3.8) is 0 Å². The van der Waals surface area contributed by atoms with E-state index in [4.69, 9.17) is 16.0 Å². The molecule has 0 aliphatic rings. The summed E-state index contributed by atoms with van der Waals surface area (Å²) < 4.78 is 6.72. The molecule has 0 atom stereocenters. The number of hydrogen-bond donors (Lipinski definition) is 0. The van der Waals surface area contributed by atoms with Gasteiger partial charge in [-0.2, -0.15) is 5.26 Å². The molecule has 5 nitrogen and oxygen atoms in total. The molecule has 0 bridgehead atoms. The number of aromatic nitrogens is 1. The molecular weight excluding hydrogens is 352 g/mol. The maximum atomic E-state index is 12.6. The highest BCUT2D eigenvalue weighted by molar-refractivity contribution is 6.30. The van der Waals surface area contributed by atoms with Gasteiger partial charge >= 0.3 is 0 Å². The Balaban J connectivity index is 1.92. The summed E-state index contributed by atoms with van der Waals surface area (Å²) in [7, 11) is 1.73. The fourth-order valence-electron chi connectivity index (χ4n) is 2.45. The van der Waals surface area contributed by atoms with Crippen LogP contribution in [0.3, 0.4) is 0 Å². The fourth-order valence-corrected chi connectivity index (χ4v) is 2.58. The van der Waals surface area contributed by atoms with Crippen LogP contribution in [0.1, 0.15) is 32.2 Å². The summed E-state index contributed by atoms with van der Waals surface area (Å²) in [5, 5.41) is 9.85. The van der Waals surface area contributed by atoms with E-state index in [2.05, 4.69) is 0 Å². The van der Waals surface area contributed by atoms with Crippen LogP contribution in [-0.4, -0.2) is 16.1 Å². The van der Waals surface area contributed by atoms with Crippen molar-refractivity contribution in [3.05, 3.63) is 88.1 Å². The third kappa shape index (κ3) is 3.51. The summed E-state index contributed by atoms with van der Waals surface area (Å²) in [5.41, 5.74) is 1.43. The average molecular weight is 365 g/mol. The Bertz CT molecular complexity index is 1040. The van der Waals surface area contributed by atoms with Crippen LogP contribution in [0.15, 0.2) is 64.9 Å². The molecule has 0 fully saturated rings. The van der Waals surface area contributed by atoms with Crippen molar-refractivity contribution >= 4 is 29.2 Å². The van der Waals surface area contributed by atoms with Crippen molar-refractivity contribution in [1.29, 1.82) is 5.26 Å². The third-order valence-electron chi connectivity index (χ3n) is 3.81. The number of hydrogen-bond acceptors (Lipinski definition) is 4. The van der Waals surface area contributed by atoms with Crippen LogP contribution in [0.2, 0.25) is 5.02 Å². The Kier molecular flexibility index (Phi) is 4.87. The number of carbonyl (C=O) groups excluding carboxylic acids is 2. The minimum absolute atomic E-state index is 0.0772. The number of benzene rings is 1. The summed E-state index contributed by atoms with van der Waals surface area (Å²) in [5.74, 6) is -0.596. The van der Waals surface area contributed by atoms with Crippen molar-refractivity contribution < 1.29 is 14.0 Å². The minimum Gasteiger partial charge on any atom is -0.461 e. The normalized spacial score (nSPS) is 11.2. The summed E-state index contributed by atoms with van der Waals surface area (Å²) >= 11 is 5.84. The maximum absolute atomic E-state index is 12.6. The van der Waals surface area contributed by atoms with E-state index in [1.807, 2.05) is 6.07 Å². The zero-order chi connectivity index (χ0) is 18.7. The minimum atomic E-state index is -0.510. The molecule has 0 N–H and O–H groups in total. The molecule has 0 aliphatic carbocycles. The van der Waals surface area contributed by atoms with Gasteiger partial charge in [0.1, 0.15) is 11.6 Å². The first-order valence-electron chi connectivity index (χ1n) is 7.66. The molecular formula is C20H13ClN2O3. The Hall–Kier alpha value is -3.36. The van der Waals surface area contributed by atoms with Gasteiger partial charge in [-0.1, -0.05) is 11.6 Å². The zero-order valence-corrected chi connectivity index (χ0v) is 14.5. The number of nitrogens with zero attached hydrogens (tertiary/aromatic N) is 2. The second kappa shape index (κ2) is 7.26. The SMILES string of the molecule is Cn1cc(C(=O)c2ccc(Cl)cc2)cc1/C=C(/C#N)C(=O)c1ccco1. The van der Waals surface area contributed by atoms with E-state index in [-0.39, 0.29) is 17.1 Å². The second-order valence-electron chi connectivity index (χ2n) is 5.58. The number of ketones is 2. The molecule has 3 rings (SSSR count). The van der Waals surface area contributed by atoms with Gasteiger partial charge in [-0.3, -0.25) is 9.59 Å². The highest BCUT2D eigenvalue weighted by Gasteiger charge is 2.17. The predicted octanol–water partition coefficient (Wildman–Crippen LogP) is 4.29. The summed E-state index contributed by atoms with van der Waals surface area (Å²) in [6.45, 7) is 0. The summed E-state index contributed by atoms with van der Waals surface area (Å²) in [6, 6.07) is 13.2. The Morgan fingerprint density at radius 2 is 1.92 bits per heavy atom. The molecule has 0 radical (unpaired) electrons. The van der Waals surface area contributed by atoms with Crippen molar-refractivity contribution in [2.45, 2.75) is 0 Å². The molecule has 2 heterocycles. The molecule has 0 unspecified atom stereocenters. The van der Waals surface area contributed by atoms with E-state index in [1.54, 1.807) is 54.2 Å². The van der Waals surface area contributed by atoms with Crippen molar-refractivity contribution in [2.75, 3.05) is 0 Å². The summed E-state index contributed by atoms with van der Waals surface area (Å²) in [6.07, 6.45) is 4.45. The summed E-state index contributed by atoms with van der Waals surface area (Å²) in [4.78, 5) is 24.8. The fraction of sp³-hybridized carbons (Fsp3) is 0.0500. The highest BCUT2D eigenvalue weighted by Crippen LogP contribution is 2.19. The van der Waals surface area contributed by atoms with Crippen molar-refractivity contribution in [1.82, 2.24) is 4.57 Å². The number of aryl methyl sites for hydroxylation is 1. The lowest BCUT2D eigenvalue weighted by atomic mass is 10.1. The molecule has 0 amide bonds. The van der Waals surface area contributed by atoms with Gasteiger partial charge in [0.25, 0.3) is 0 Å². The van der Waals surface area contributed by atoms with Crippen LogP contribution >= 0.6 is 11.6 Å². The first-order valence-corrected chi connectivity index (χ1v) is 8.04. The first kappa shape index (κ1) is 17.5. The molecule has 0 aliphatic heterocycles. The van der Waals surface area contributed by atoms with Crippen molar-refractivity contribution in [3.8, 4) is 6.07 Å². The molecule has 128 valence electrons. The van der Waals surface area contributed by atoms with E-state index < -0.39 is 5.78 Å². The Labute approximate surface area is 154 Å².